The Hall–Kier alpha value is -3.76. The SMILES string of the molecule is Cc1cc2c3c(c1)N(c1cc4c(cc1C)C(C)(C)CCC4(C)C)c1sc4c(c1B3c1cc(C(C)(C)C)ccc1N2c1ccc(C(C)(C)C)cc1)C(C)(C)CCC4(C)C. The van der Waals surface area contributed by atoms with Gasteiger partial charge in [0.15, 0.2) is 0 Å². The number of fused-ring (bicyclic) bond motifs is 7. The molecule has 0 unspecified atom stereocenters. The number of nitrogens with zero attached hydrogens (tertiary/aromatic N) is 2. The van der Waals surface area contributed by atoms with Crippen LogP contribution in [0.3, 0.4) is 0 Å². The molecule has 0 N–H and O–H groups in total. The molecule has 2 nitrogen and oxygen atoms in total. The molecule has 4 heteroatoms. The van der Waals surface area contributed by atoms with Gasteiger partial charge < -0.3 is 9.80 Å². The summed E-state index contributed by atoms with van der Waals surface area (Å²) >= 11 is 2.11. The van der Waals surface area contributed by atoms with E-state index in [9.17, 15) is 0 Å². The van der Waals surface area contributed by atoms with Crippen LogP contribution in [0.25, 0.3) is 0 Å². The first kappa shape index (κ1) is 39.7. The van der Waals surface area contributed by atoms with Crippen molar-refractivity contribution in [1.82, 2.24) is 0 Å². The Balaban J connectivity index is 1.42. The summed E-state index contributed by atoms with van der Waals surface area (Å²) in [4.78, 5) is 6.97. The maximum Gasteiger partial charge on any atom is 0.253 e. The van der Waals surface area contributed by atoms with Gasteiger partial charge >= 0.3 is 0 Å². The fourth-order valence-electron chi connectivity index (χ4n) is 11.0. The maximum atomic E-state index is 2.76. The van der Waals surface area contributed by atoms with E-state index in [1.54, 1.807) is 15.9 Å². The minimum atomic E-state index is 0.0181. The van der Waals surface area contributed by atoms with Crippen LogP contribution in [0.2, 0.25) is 0 Å². The molecule has 9 rings (SSSR count). The Labute approximate surface area is 355 Å². The van der Waals surface area contributed by atoms with Crippen molar-refractivity contribution in [3.63, 3.8) is 0 Å². The fourth-order valence-corrected chi connectivity index (χ4v) is 12.7. The van der Waals surface area contributed by atoms with Crippen molar-refractivity contribution in [2.75, 3.05) is 9.80 Å². The van der Waals surface area contributed by atoms with Crippen molar-refractivity contribution >= 4 is 67.9 Å². The van der Waals surface area contributed by atoms with Crippen LogP contribution < -0.4 is 26.2 Å². The van der Waals surface area contributed by atoms with Crippen LogP contribution in [0.1, 0.15) is 166 Å². The molecule has 4 aliphatic rings. The van der Waals surface area contributed by atoms with Crippen molar-refractivity contribution in [3.8, 4) is 0 Å². The first-order valence-electron chi connectivity index (χ1n) is 22.1. The number of hydrogen-bond donors (Lipinski definition) is 0. The van der Waals surface area contributed by atoms with Gasteiger partial charge in [-0.25, -0.2) is 0 Å². The van der Waals surface area contributed by atoms with E-state index >= 15 is 0 Å². The summed E-state index contributed by atoms with van der Waals surface area (Å²) in [5.74, 6) is 0. The number of hydrogen-bond acceptors (Lipinski definition) is 3. The lowest BCUT2D eigenvalue weighted by atomic mass is 9.32. The van der Waals surface area contributed by atoms with Crippen molar-refractivity contribution in [2.24, 2.45) is 0 Å². The minimum absolute atomic E-state index is 0.0181. The van der Waals surface area contributed by atoms with Gasteiger partial charge in [0.25, 0.3) is 6.71 Å². The van der Waals surface area contributed by atoms with E-state index in [0.717, 1.165) is 0 Å². The van der Waals surface area contributed by atoms with Gasteiger partial charge in [-0.1, -0.05) is 127 Å². The zero-order valence-corrected chi connectivity index (χ0v) is 39.4. The highest BCUT2D eigenvalue weighted by molar-refractivity contribution is 7.20. The fraction of sp³-hybridized carbons (Fsp3) is 0.481. The van der Waals surface area contributed by atoms with Crippen LogP contribution in [0, 0.1) is 13.8 Å². The Morgan fingerprint density at radius 1 is 0.534 bits per heavy atom. The predicted molar refractivity (Wildman–Crippen MR) is 256 cm³/mol. The molecule has 0 atom stereocenters. The highest BCUT2D eigenvalue weighted by Crippen LogP contribution is 2.56. The third kappa shape index (κ3) is 5.84. The summed E-state index contributed by atoms with van der Waals surface area (Å²) in [7, 11) is 0. The molecule has 0 amide bonds. The monoisotopic (exact) mass is 787 g/mol. The summed E-state index contributed by atoms with van der Waals surface area (Å²) in [6, 6.07) is 27.2. The molecule has 0 fully saturated rings. The Morgan fingerprint density at radius 2 is 1.07 bits per heavy atom. The van der Waals surface area contributed by atoms with Crippen LogP contribution in [-0.4, -0.2) is 6.71 Å². The lowest BCUT2D eigenvalue weighted by Crippen LogP contribution is -2.62. The lowest BCUT2D eigenvalue weighted by molar-refractivity contribution is 0.332. The molecule has 0 saturated heterocycles. The van der Waals surface area contributed by atoms with Crippen LogP contribution in [0.4, 0.5) is 33.4 Å². The lowest BCUT2D eigenvalue weighted by Gasteiger charge is -2.46. The van der Waals surface area contributed by atoms with Crippen LogP contribution in [-0.2, 0) is 32.5 Å². The number of anilines is 6. The van der Waals surface area contributed by atoms with Gasteiger partial charge in [-0.3, -0.25) is 0 Å². The molecule has 0 radical (unpaired) electrons. The maximum absolute atomic E-state index is 2.76. The summed E-state index contributed by atoms with van der Waals surface area (Å²) in [5.41, 5.74) is 21.6. The molecule has 0 spiro atoms. The Bertz CT molecular complexity index is 2510. The number of rotatable bonds is 2. The topological polar surface area (TPSA) is 6.48 Å². The molecule has 2 aliphatic heterocycles. The third-order valence-electron chi connectivity index (χ3n) is 15.0. The van der Waals surface area contributed by atoms with E-state index in [4.69, 9.17) is 0 Å². The van der Waals surface area contributed by atoms with Gasteiger partial charge in [0, 0.05) is 27.6 Å². The van der Waals surface area contributed by atoms with Crippen LogP contribution in [0.15, 0.2) is 66.7 Å². The second-order valence-electron chi connectivity index (χ2n) is 23.4. The molecule has 58 heavy (non-hydrogen) atoms. The molecule has 0 bridgehead atoms. The zero-order chi connectivity index (χ0) is 41.9. The first-order valence-corrected chi connectivity index (χ1v) is 23.0. The second-order valence-corrected chi connectivity index (χ2v) is 24.4. The van der Waals surface area contributed by atoms with E-state index in [-0.39, 0.29) is 39.2 Å². The largest absolute Gasteiger partial charge is 0.311 e. The van der Waals surface area contributed by atoms with Gasteiger partial charge in [0.2, 0.25) is 0 Å². The molecule has 302 valence electrons. The van der Waals surface area contributed by atoms with E-state index < -0.39 is 0 Å². The standard InChI is InChI=1S/C54H67BN2S/c1-32-27-42-45-43(28-32)57(41-31-38-37(29-33(41)2)51(9,10)23-24-52(38,11)12)48-46(44-47(58-48)54(15,16)26-25-53(44,13)14)55(45)39-30-35(50(6,7)8)19-22-40(39)56(42)36-20-17-34(18-21-36)49(3,4)5/h17-22,27-31H,23-26H2,1-16H3. The van der Waals surface area contributed by atoms with Crippen LogP contribution >= 0.6 is 11.3 Å². The van der Waals surface area contributed by atoms with Gasteiger partial charge in [-0.05, 0) is 164 Å². The average molecular weight is 787 g/mol. The Morgan fingerprint density at radius 3 is 1.67 bits per heavy atom. The highest BCUT2D eigenvalue weighted by atomic mass is 32.1. The van der Waals surface area contributed by atoms with Gasteiger partial charge in [-0.15, -0.1) is 11.3 Å². The number of aryl methyl sites for hydroxylation is 2. The summed E-state index contributed by atoms with van der Waals surface area (Å²) in [6.45, 7) is 38.9. The highest BCUT2D eigenvalue weighted by Gasteiger charge is 2.51. The van der Waals surface area contributed by atoms with E-state index in [2.05, 4.69) is 199 Å². The van der Waals surface area contributed by atoms with Gasteiger partial charge in [0.1, 0.15) is 0 Å². The quantitative estimate of drug-likeness (QED) is 0.161. The van der Waals surface area contributed by atoms with Gasteiger partial charge in [0.05, 0.1) is 10.7 Å². The third-order valence-corrected chi connectivity index (χ3v) is 16.5. The Kier molecular flexibility index (Phi) is 8.49. The van der Waals surface area contributed by atoms with Crippen molar-refractivity contribution < 1.29 is 0 Å². The summed E-state index contributed by atoms with van der Waals surface area (Å²) in [5, 5.41) is 1.44. The van der Waals surface area contributed by atoms with E-state index in [1.807, 2.05) is 0 Å². The van der Waals surface area contributed by atoms with Crippen molar-refractivity contribution in [3.05, 3.63) is 111 Å². The summed E-state index contributed by atoms with van der Waals surface area (Å²) in [6.07, 6.45) is 4.82. The van der Waals surface area contributed by atoms with E-state index in [0.29, 0.717) is 0 Å². The second kappa shape index (κ2) is 12.4. The van der Waals surface area contributed by atoms with Crippen molar-refractivity contribution in [1.29, 1.82) is 0 Å². The minimum Gasteiger partial charge on any atom is -0.311 e. The molecule has 0 saturated carbocycles. The van der Waals surface area contributed by atoms with Gasteiger partial charge in [-0.2, -0.15) is 0 Å². The van der Waals surface area contributed by atoms with E-state index in [1.165, 1.54) is 103 Å². The molecule has 3 heterocycles. The first-order chi connectivity index (χ1) is 26.8. The number of thiophene rings is 1. The average Bonchev–Trinajstić information content (AvgIpc) is 3.54. The van der Waals surface area contributed by atoms with Crippen molar-refractivity contribution in [2.45, 2.75) is 169 Å². The zero-order valence-electron chi connectivity index (χ0n) is 38.6. The molecule has 1 aromatic heterocycles. The van der Waals surface area contributed by atoms with Crippen LogP contribution in [0.5, 0.6) is 0 Å². The smallest absolute Gasteiger partial charge is 0.253 e. The normalized spacial score (nSPS) is 19.6. The molecule has 5 aromatic rings. The molecule has 4 aromatic carbocycles. The molecular formula is C54H67BN2S. The molecular weight excluding hydrogens is 719 g/mol. The predicted octanol–water partition coefficient (Wildman–Crippen LogP) is 13.7. The summed E-state index contributed by atoms with van der Waals surface area (Å²) < 4.78 is 0. The molecule has 2 aliphatic carbocycles. The number of benzene rings is 4.